The monoisotopic (exact) mass is 685 g/mol. The van der Waals surface area contributed by atoms with Crippen molar-refractivity contribution in [3.8, 4) is 0 Å². The van der Waals surface area contributed by atoms with E-state index in [1.54, 1.807) is 11.0 Å². The van der Waals surface area contributed by atoms with E-state index >= 15 is 0 Å². The molecule has 45 heavy (non-hydrogen) atoms. The first kappa shape index (κ1) is 33.3. The number of allylic oxidation sites excluding steroid dienone is 1. The van der Waals surface area contributed by atoms with Crippen molar-refractivity contribution >= 4 is 39.6 Å². The highest BCUT2D eigenvalue weighted by Crippen LogP contribution is 2.59. The molecule has 4 aliphatic heterocycles. The van der Waals surface area contributed by atoms with Crippen LogP contribution in [0.15, 0.2) is 53.0 Å². The van der Waals surface area contributed by atoms with Gasteiger partial charge in [-0.3, -0.25) is 19.2 Å². The van der Waals surface area contributed by atoms with Crippen LogP contribution in [0.2, 0.25) is 0 Å². The number of hydrogen-bond acceptors (Lipinski definition) is 7. The maximum Gasteiger partial charge on any atom is 0.306 e. The molecule has 5 rings (SSSR count). The highest BCUT2D eigenvalue weighted by molar-refractivity contribution is 9.11. The second kappa shape index (κ2) is 13.0. The second-order valence-electron chi connectivity index (χ2n) is 13.8. The number of ether oxygens (including phenoxy) is 2. The summed E-state index contributed by atoms with van der Waals surface area (Å²) in [4.78, 5) is 59.6. The van der Waals surface area contributed by atoms with Crippen LogP contribution in [0.5, 0.6) is 0 Å². The quantitative estimate of drug-likeness (QED) is 0.358. The van der Waals surface area contributed by atoms with Crippen LogP contribution in [0.3, 0.4) is 0 Å². The minimum Gasteiger partial charge on any atom is -0.463 e. The molecule has 11 heteroatoms. The van der Waals surface area contributed by atoms with E-state index < -0.39 is 59.1 Å². The number of carbonyl (C=O) groups excluding carboxylic acids is 4. The number of nitrogens with zero attached hydrogens (tertiary/aromatic N) is 2. The van der Waals surface area contributed by atoms with Gasteiger partial charge in [0.15, 0.2) is 0 Å². The van der Waals surface area contributed by atoms with Crippen molar-refractivity contribution < 1.29 is 33.8 Å². The van der Waals surface area contributed by atoms with Crippen molar-refractivity contribution in [2.24, 2.45) is 17.8 Å². The van der Waals surface area contributed by atoms with Crippen LogP contribution in [-0.2, 0) is 28.7 Å². The van der Waals surface area contributed by atoms with Crippen molar-refractivity contribution in [2.45, 2.75) is 89.3 Å². The Morgan fingerprint density at radius 1 is 1.09 bits per heavy atom. The van der Waals surface area contributed by atoms with Gasteiger partial charge in [-0.1, -0.05) is 72.3 Å². The van der Waals surface area contributed by atoms with E-state index in [1.807, 2.05) is 77.1 Å². The number of likely N-dealkylation sites (tertiary alicyclic amines) is 1. The van der Waals surface area contributed by atoms with Crippen LogP contribution >= 0.6 is 15.9 Å². The lowest BCUT2D eigenvalue weighted by Crippen LogP contribution is -2.61. The highest BCUT2D eigenvalue weighted by atomic mass is 79.9. The smallest absolute Gasteiger partial charge is 0.306 e. The SMILES string of the molecule is CC(C)C[C@H](CO)N1C(=O)[C@@H]2[C@H]3C(=O)N[C@@H](c4ccccc4)COC(=O)CC/C=C\CN(C(C)(C)C)C(=O)[C@@H]1[C@]21C=C(Br)[C@H]3O1. The Bertz CT molecular complexity index is 1370. The number of carbonyl (C=O) groups is 4. The Labute approximate surface area is 273 Å². The minimum atomic E-state index is -1.42. The number of rotatable bonds is 5. The summed E-state index contributed by atoms with van der Waals surface area (Å²) in [6.07, 6.45) is 5.73. The van der Waals surface area contributed by atoms with Crippen molar-refractivity contribution in [3.63, 3.8) is 0 Å². The van der Waals surface area contributed by atoms with Crippen LogP contribution < -0.4 is 5.32 Å². The van der Waals surface area contributed by atoms with E-state index in [9.17, 15) is 24.3 Å². The highest BCUT2D eigenvalue weighted by Gasteiger charge is 2.75. The van der Waals surface area contributed by atoms with Crippen LogP contribution in [0.1, 0.15) is 65.5 Å². The largest absolute Gasteiger partial charge is 0.463 e. The Morgan fingerprint density at radius 2 is 1.80 bits per heavy atom. The molecule has 5 bridgehead atoms. The zero-order valence-corrected chi connectivity index (χ0v) is 28.2. The summed E-state index contributed by atoms with van der Waals surface area (Å²) in [5, 5.41) is 13.6. The summed E-state index contributed by atoms with van der Waals surface area (Å²) in [6.45, 7) is 9.59. The van der Waals surface area contributed by atoms with Crippen LogP contribution in [0.25, 0.3) is 0 Å². The lowest BCUT2D eigenvalue weighted by Gasteiger charge is -2.43. The fourth-order valence-electron chi connectivity index (χ4n) is 7.21. The van der Waals surface area contributed by atoms with Gasteiger partial charge in [0.2, 0.25) is 17.7 Å². The predicted molar refractivity (Wildman–Crippen MR) is 171 cm³/mol. The zero-order chi connectivity index (χ0) is 32.7. The Kier molecular flexibility index (Phi) is 9.63. The second-order valence-corrected chi connectivity index (χ2v) is 14.7. The van der Waals surface area contributed by atoms with Crippen molar-refractivity contribution in [1.82, 2.24) is 15.1 Å². The van der Waals surface area contributed by atoms with Gasteiger partial charge in [0, 0.05) is 23.0 Å². The fourth-order valence-corrected chi connectivity index (χ4v) is 7.95. The number of halogens is 1. The fraction of sp³-hybridized carbons (Fsp3) is 0.588. The molecule has 0 unspecified atom stereocenters. The van der Waals surface area contributed by atoms with E-state index in [0.717, 1.165) is 5.56 Å². The van der Waals surface area contributed by atoms with E-state index in [0.29, 0.717) is 17.3 Å². The standard InChI is InChI=1S/C34H44BrN3O7/c1-20(2)16-22(18-39)38-29-32(43)37(33(3,4)5)15-11-7-10-14-25(40)44-19-24(21-12-8-6-9-13-21)36-30(41)26-27(31(38)42)34(29)17-23(35)28(26)45-34/h6-9,11-13,17,20,22,24,26-29,39H,10,14-16,18-19H2,1-5H3,(H,36,41)/b11-7-/t22-,24-,26-,27+,28-,29-,34+/m1/s1. The molecular weight excluding hydrogens is 642 g/mol. The molecule has 244 valence electrons. The number of aliphatic hydroxyl groups excluding tert-OH is 1. The van der Waals surface area contributed by atoms with E-state index in [2.05, 4.69) is 21.2 Å². The third-order valence-corrected chi connectivity index (χ3v) is 9.90. The number of nitrogens with one attached hydrogen (secondary N) is 1. The molecule has 0 saturated carbocycles. The summed E-state index contributed by atoms with van der Waals surface area (Å²) in [5.41, 5.74) is -1.31. The van der Waals surface area contributed by atoms with Crippen molar-refractivity contribution in [3.05, 3.63) is 58.6 Å². The van der Waals surface area contributed by atoms with Gasteiger partial charge in [-0.2, -0.15) is 0 Å². The number of hydrogen-bond donors (Lipinski definition) is 2. The van der Waals surface area contributed by atoms with E-state index in [4.69, 9.17) is 9.47 Å². The third-order valence-electron chi connectivity index (χ3n) is 9.22. The lowest BCUT2D eigenvalue weighted by atomic mass is 9.73. The average molecular weight is 687 g/mol. The third kappa shape index (κ3) is 6.23. The number of amides is 3. The van der Waals surface area contributed by atoms with Gasteiger partial charge in [0.1, 0.15) is 24.4 Å². The molecule has 2 saturated heterocycles. The molecule has 7 atom stereocenters. The van der Waals surface area contributed by atoms with Crippen molar-refractivity contribution in [2.75, 3.05) is 19.8 Å². The lowest BCUT2D eigenvalue weighted by molar-refractivity contribution is -0.154. The van der Waals surface area contributed by atoms with Gasteiger partial charge >= 0.3 is 5.97 Å². The first-order chi connectivity index (χ1) is 21.3. The topological polar surface area (TPSA) is 125 Å². The number of fused-ring (bicyclic) bond motifs is 2. The Balaban J connectivity index is 1.64. The summed E-state index contributed by atoms with van der Waals surface area (Å²) in [7, 11) is 0. The molecule has 1 spiro atoms. The molecule has 0 aromatic heterocycles. The molecule has 1 aromatic rings. The van der Waals surface area contributed by atoms with Gasteiger partial charge in [0.05, 0.1) is 30.5 Å². The Hall–Kier alpha value is -3.02. The molecule has 4 heterocycles. The molecule has 10 nitrogen and oxygen atoms in total. The summed E-state index contributed by atoms with van der Waals surface area (Å²) < 4.78 is 12.8. The van der Waals surface area contributed by atoms with Gasteiger partial charge in [-0.15, -0.1) is 0 Å². The summed E-state index contributed by atoms with van der Waals surface area (Å²) >= 11 is 3.61. The average Bonchev–Trinajstić information content (AvgIpc) is 3.57. The zero-order valence-electron chi connectivity index (χ0n) is 26.6. The molecule has 2 N–H and O–H groups in total. The maximum atomic E-state index is 14.8. The molecule has 0 aliphatic carbocycles. The number of cyclic esters (lactones) is 1. The Morgan fingerprint density at radius 3 is 2.44 bits per heavy atom. The molecule has 4 aliphatic rings. The van der Waals surface area contributed by atoms with Gasteiger partial charge in [-0.25, -0.2) is 0 Å². The van der Waals surface area contributed by atoms with Gasteiger partial charge in [0.25, 0.3) is 0 Å². The van der Waals surface area contributed by atoms with Gasteiger partial charge < -0.3 is 29.7 Å². The summed E-state index contributed by atoms with van der Waals surface area (Å²) in [6, 6.07) is 6.80. The van der Waals surface area contributed by atoms with Gasteiger partial charge in [-0.05, 0) is 51.2 Å². The molecule has 1 aromatic carbocycles. The van der Waals surface area contributed by atoms with E-state index in [-0.39, 0.29) is 43.9 Å². The number of esters is 1. The van der Waals surface area contributed by atoms with E-state index in [1.165, 1.54) is 4.90 Å². The summed E-state index contributed by atoms with van der Waals surface area (Å²) in [5.74, 6) is -3.38. The number of benzene rings is 1. The minimum absolute atomic E-state index is 0.0800. The van der Waals surface area contributed by atoms with Crippen LogP contribution in [-0.4, -0.2) is 87.7 Å². The van der Waals surface area contributed by atoms with Crippen molar-refractivity contribution in [1.29, 1.82) is 0 Å². The van der Waals surface area contributed by atoms with Crippen LogP contribution in [0.4, 0.5) is 0 Å². The molecular formula is C34H44BrN3O7. The first-order valence-corrected chi connectivity index (χ1v) is 16.6. The molecule has 3 amide bonds. The normalized spacial score (nSPS) is 32.4. The predicted octanol–water partition coefficient (Wildman–Crippen LogP) is 3.64. The molecule has 0 radical (unpaired) electrons. The number of aliphatic hydroxyl groups is 1. The van der Waals surface area contributed by atoms with Crippen LogP contribution in [0, 0.1) is 17.8 Å². The maximum absolute atomic E-state index is 14.8. The first-order valence-electron chi connectivity index (χ1n) is 15.8. The molecule has 2 fully saturated rings.